The third-order valence-corrected chi connectivity index (χ3v) is 2.54. The fraction of sp³-hybridized carbons (Fsp3) is 0.333. The highest BCUT2D eigenvalue weighted by molar-refractivity contribution is 6.19. The van der Waals surface area contributed by atoms with Crippen molar-refractivity contribution in [2.75, 3.05) is 11.5 Å². The first-order valence-corrected chi connectivity index (χ1v) is 5.62. The summed E-state index contributed by atoms with van der Waals surface area (Å²) in [4.78, 5) is 39.6. The lowest BCUT2D eigenvalue weighted by Gasteiger charge is -2.13. The first-order valence-electron chi connectivity index (χ1n) is 5.62. The average molecular weight is 248 g/mol. The van der Waals surface area contributed by atoms with Crippen LogP contribution in [0.4, 0.5) is 5.82 Å². The normalized spacial score (nSPS) is 15.1. The van der Waals surface area contributed by atoms with Gasteiger partial charge in [0.1, 0.15) is 5.82 Å². The number of carbonyl (C=O) groups excluding carboxylic acids is 3. The van der Waals surface area contributed by atoms with Crippen molar-refractivity contribution in [3.8, 4) is 0 Å². The molecule has 2 rings (SSSR count). The number of rotatable bonds is 3. The highest BCUT2D eigenvalue weighted by Crippen LogP contribution is 2.21. The van der Waals surface area contributed by atoms with E-state index in [4.69, 9.17) is 4.74 Å². The van der Waals surface area contributed by atoms with E-state index >= 15 is 0 Å². The summed E-state index contributed by atoms with van der Waals surface area (Å²) in [5.41, 5.74) is 0.273. The summed E-state index contributed by atoms with van der Waals surface area (Å²) >= 11 is 0. The number of aromatic nitrogens is 1. The third-order valence-electron chi connectivity index (χ3n) is 2.54. The minimum absolute atomic E-state index is 0.174. The second-order valence-corrected chi connectivity index (χ2v) is 3.75. The highest BCUT2D eigenvalue weighted by atomic mass is 16.5. The fourth-order valence-corrected chi connectivity index (χ4v) is 1.71. The predicted octanol–water partition coefficient (Wildman–Crippen LogP) is 0.912. The van der Waals surface area contributed by atoms with Crippen LogP contribution >= 0.6 is 0 Å². The minimum Gasteiger partial charge on any atom is -0.462 e. The molecule has 1 aromatic rings. The Labute approximate surface area is 104 Å². The van der Waals surface area contributed by atoms with Crippen molar-refractivity contribution in [3.63, 3.8) is 0 Å². The zero-order valence-electron chi connectivity index (χ0n) is 9.88. The molecule has 0 radical (unpaired) electrons. The maximum Gasteiger partial charge on any atom is 0.338 e. The smallest absolute Gasteiger partial charge is 0.338 e. The van der Waals surface area contributed by atoms with Gasteiger partial charge < -0.3 is 4.74 Å². The Hall–Kier alpha value is -2.24. The van der Waals surface area contributed by atoms with E-state index in [0.717, 1.165) is 4.90 Å². The molecule has 0 spiro atoms. The Morgan fingerprint density at radius 3 is 2.67 bits per heavy atom. The molecule has 1 aliphatic heterocycles. The van der Waals surface area contributed by atoms with E-state index in [-0.39, 0.29) is 42.6 Å². The van der Waals surface area contributed by atoms with E-state index in [2.05, 4.69) is 4.98 Å². The van der Waals surface area contributed by atoms with Crippen molar-refractivity contribution in [2.24, 2.45) is 0 Å². The summed E-state index contributed by atoms with van der Waals surface area (Å²) in [6.07, 6.45) is 1.74. The first-order chi connectivity index (χ1) is 8.63. The molecule has 0 aliphatic carbocycles. The van der Waals surface area contributed by atoms with Gasteiger partial charge in [-0.25, -0.2) is 14.7 Å². The third kappa shape index (κ3) is 2.22. The van der Waals surface area contributed by atoms with Gasteiger partial charge in [0, 0.05) is 19.0 Å². The predicted molar refractivity (Wildman–Crippen MR) is 61.9 cm³/mol. The van der Waals surface area contributed by atoms with Gasteiger partial charge >= 0.3 is 5.97 Å². The molecule has 6 heteroatoms. The molecule has 1 saturated heterocycles. The van der Waals surface area contributed by atoms with Crippen LogP contribution in [0.2, 0.25) is 0 Å². The second kappa shape index (κ2) is 4.95. The van der Waals surface area contributed by atoms with Crippen LogP contribution < -0.4 is 4.90 Å². The number of hydrogen-bond acceptors (Lipinski definition) is 5. The largest absolute Gasteiger partial charge is 0.462 e. The lowest BCUT2D eigenvalue weighted by atomic mass is 10.2. The summed E-state index contributed by atoms with van der Waals surface area (Å²) in [5.74, 6) is -0.921. The quantitative estimate of drug-likeness (QED) is 0.587. The van der Waals surface area contributed by atoms with Gasteiger partial charge in [0.25, 0.3) is 0 Å². The van der Waals surface area contributed by atoms with Crippen molar-refractivity contribution < 1.29 is 19.1 Å². The number of imide groups is 1. The number of carbonyl (C=O) groups is 3. The van der Waals surface area contributed by atoms with Crippen LogP contribution in [0.25, 0.3) is 0 Å². The molecule has 94 valence electrons. The number of esters is 1. The van der Waals surface area contributed by atoms with Crippen molar-refractivity contribution in [2.45, 2.75) is 19.8 Å². The van der Waals surface area contributed by atoms with Gasteiger partial charge in [-0.05, 0) is 19.1 Å². The molecular weight excluding hydrogens is 236 g/mol. The van der Waals surface area contributed by atoms with E-state index in [9.17, 15) is 14.4 Å². The minimum atomic E-state index is -0.500. The van der Waals surface area contributed by atoms with Crippen molar-refractivity contribution in [3.05, 3.63) is 23.9 Å². The topological polar surface area (TPSA) is 76.6 Å². The van der Waals surface area contributed by atoms with Gasteiger partial charge in [0.15, 0.2) is 0 Å². The number of ether oxygens (including phenoxy) is 1. The maximum atomic E-state index is 11.5. The molecule has 1 aromatic heterocycles. The molecule has 2 heterocycles. The highest BCUT2D eigenvalue weighted by Gasteiger charge is 2.31. The van der Waals surface area contributed by atoms with Crippen molar-refractivity contribution in [1.29, 1.82) is 0 Å². The molecule has 1 aliphatic rings. The van der Waals surface area contributed by atoms with Crippen LogP contribution in [-0.2, 0) is 14.3 Å². The first kappa shape index (κ1) is 12.2. The molecule has 2 amide bonds. The van der Waals surface area contributed by atoms with Crippen LogP contribution in [0.15, 0.2) is 18.3 Å². The number of anilines is 1. The van der Waals surface area contributed by atoms with Crippen LogP contribution in [0.5, 0.6) is 0 Å². The Morgan fingerprint density at radius 2 is 2.06 bits per heavy atom. The number of hydrogen-bond donors (Lipinski definition) is 0. The molecule has 0 aromatic carbocycles. The standard InChI is InChI=1S/C12H12N2O4/c1-2-18-12(17)8-5-6-13-9(7-8)14-10(15)3-4-11(14)16/h5-7H,2-4H2,1H3. The fourth-order valence-electron chi connectivity index (χ4n) is 1.71. The van der Waals surface area contributed by atoms with Crippen LogP contribution in [0.3, 0.4) is 0 Å². The Balaban J connectivity index is 2.29. The molecule has 0 bridgehead atoms. The lowest BCUT2D eigenvalue weighted by Crippen LogP contribution is -2.29. The molecular formula is C12H12N2O4. The Morgan fingerprint density at radius 1 is 1.39 bits per heavy atom. The second-order valence-electron chi connectivity index (χ2n) is 3.75. The van der Waals surface area contributed by atoms with E-state index in [1.165, 1.54) is 18.3 Å². The molecule has 1 fully saturated rings. The number of nitrogens with zero attached hydrogens (tertiary/aromatic N) is 2. The van der Waals surface area contributed by atoms with Gasteiger partial charge in [-0.2, -0.15) is 0 Å². The number of amides is 2. The van der Waals surface area contributed by atoms with E-state index in [1.807, 2.05) is 0 Å². The van der Waals surface area contributed by atoms with E-state index in [0.29, 0.717) is 0 Å². The average Bonchev–Trinajstić information content (AvgIpc) is 2.69. The molecule has 0 N–H and O–H groups in total. The van der Waals surface area contributed by atoms with Crippen LogP contribution in [-0.4, -0.2) is 29.4 Å². The van der Waals surface area contributed by atoms with Crippen LogP contribution in [0, 0.1) is 0 Å². The molecule has 18 heavy (non-hydrogen) atoms. The summed E-state index contributed by atoms with van der Waals surface area (Å²) in [7, 11) is 0. The zero-order chi connectivity index (χ0) is 13.1. The van der Waals surface area contributed by atoms with Crippen molar-refractivity contribution in [1.82, 2.24) is 4.98 Å². The van der Waals surface area contributed by atoms with Gasteiger partial charge in [0.2, 0.25) is 11.8 Å². The summed E-state index contributed by atoms with van der Waals surface area (Å²) in [5, 5.41) is 0. The Bertz CT molecular complexity index is 497. The summed E-state index contributed by atoms with van der Waals surface area (Å²) in [6.45, 7) is 1.96. The number of pyridine rings is 1. The maximum absolute atomic E-state index is 11.5. The zero-order valence-corrected chi connectivity index (χ0v) is 9.88. The lowest BCUT2D eigenvalue weighted by molar-refractivity contribution is -0.121. The SMILES string of the molecule is CCOC(=O)c1ccnc(N2C(=O)CCC2=O)c1. The molecule has 0 saturated carbocycles. The summed E-state index contributed by atoms with van der Waals surface area (Å²) < 4.78 is 4.84. The van der Waals surface area contributed by atoms with Gasteiger partial charge in [0.05, 0.1) is 12.2 Å². The monoisotopic (exact) mass is 248 g/mol. The van der Waals surface area contributed by atoms with E-state index in [1.54, 1.807) is 6.92 Å². The van der Waals surface area contributed by atoms with Crippen LogP contribution in [0.1, 0.15) is 30.1 Å². The van der Waals surface area contributed by atoms with E-state index < -0.39 is 5.97 Å². The van der Waals surface area contributed by atoms with Gasteiger partial charge in [-0.1, -0.05) is 0 Å². The molecule has 0 unspecified atom stereocenters. The van der Waals surface area contributed by atoms with Gasteiger partial charge in [-0.15, -0.1) is 0 Å². The van der Waals surface area contributed by atoms with Gasteiger partial charge in [-0.3, -0.25) is 9.59 Å². The Kier molecular flexibility index (Phi) is 3.36. The molecule has 0 atom stereocenters. The molecule has 6 nitrogen and oxygen atoms in total. The summed E-state index contributed by atoms with van der Waals surface area (Å²) in [6, 6.07) is 2.87. The van der Waals surface area contributed by atoms with Crippen molar-refractivity contribution >= 4 is 23.6 Å².